The first-order valence-electron chi connectivity index (χ1n) is 7.22. The number of hydrogen-bond acceptors (Lipinski definition) is 5. The van der Waals surface area contributed by atoms with Gasteiger partial charge in [-0.1, -0.05) is 12.1 Å². The van der Waals surface area contributed by atoms with Gasteiger partial charge >= 0.3 is 0 Å². The normalized spacial score (nSPS) is 28.3. The quantitative estimate of drug-likeness (QED) is 0.829. The lowest BCUT2D eigenvalue weighted by atomic mass is 10.1. The molecule has 3 unspecified atom stereocenters. The summed E-state index contributed by atoms with van der Waals surface area (Å²) in [5.74, 6) is 0.632. The summed E-state index contributed by atoms with van der Waals surface area (Å²) in [4.78, 5) is 14.3. The Labute approximate surface area is 123 Å². The van der Waals surface area contributed by atoms with Gasteiger partial charge in [-0.05, 0) is 19.1 Å². The van der Waals surface area contributed by atoms with E-state index in [2.05, 4.69) is 5.32 Å². The van der Waals surface area contributed by atoms with Crippen LogP contribution in [-0.2, 0) is 9.53 Å². The van der Waals surface area contributed by atoms with Gasteiger partial charge in [0.15, 0.2) is 6.10 Å². The van der Waals surface area contributed by atoms with Crippen molar-refractivity contribution in [3.63, 3.8) is 0 Å². The van der Waals surface area contributed by atoms with Crippen LogP contribution in [0.3, 0.4) is 0 Å². The fourth-order valence-electron chi connectivity index (χ4n) is 2.78. The summed E-state index contributed by atoms with van der Waals surface area (Å²) in [6.07, 6.45) is -0.935. The number of anilines is 1. The molecule has 6 nitrogen and oxygen atoms in total. The molecule has 6 heteroatoms. The molecule has 114 valence electrons. The van der Waals surface area contributed by atoms with E-state index in [0.29, 0.717) is 25.4 Å². The van der Waals surface area contributed by atoms with Crippen molar-refractivity contribution in [1.82, 2.24) is 4.90 Å². The van der Waals surface area contributed by atoms with Crippen LogP contribution in [0.4, 0.5) is 5.69 Å². The van der Waals surface area contributed by atoms with Gasteiger partial charge < -0.3 is 24.8 Å². The topological polar surface area (TPSA) is 71.0 Å². The van der Waals surface area contributed by atoms with Gasteiger partial charge in [0.05, 0.1) is 31.0 Å². The molecule has 0 aromatic heterocycles. The highest BCUT2D eigenvalue weighted by atomic mass is 16.5. The van der Waals surface area contributed by atoms with E-state index in [0.717, 1.165) is 5.69 Å². The second kappa shape index (κ2) is 5.91. The third-order valence-corrected chi connectivity index (χ3v) is 3.75. The number of carbonyl (C=O) groups is 1. The lowest BCUT2D eigenvalue weighted by Gasteiger charge is -2.38. The number of benzene rings is 1. The fourth-order valence-corrected chi connectivity index (χ4v) is 2.78. The van der Waals surface area contributed by atoms with Crippen molar-refractivity contribution >= 4 is 11.6 Å². The van der Waals surface area contributed by atoms with Crippen molar-refractivity contribution in [3.05, 3.63) is 24.3 Å². The van der Waals surface area contributed by atoms with Crippen LogP contribution in [0.15, 0.2) is 24.3 Å². The predicted molar refractivity (Wildman–Crippen MR) is 77.3 cm³/mol. The number of para-hydroxylation sites is 2. The molecule has 0 saturated carbocycles. The minimum absolute atomic E-state index is 0.0643. The Morgan fingerprint density at radius 1 is 1.43 bits per heavy atom. The van der Waals surface area contributed by atoms with Gasteiger partial charge in [0.2, 0.25) is 0 Å². The third-order valence-electron chi connectivity index (χ3n) is 3.75. The number of fused-ring (bicyclic) bond motifs is 1. The fraction of sp³-hybridized carbons (Fsp3) is 0.533. The zero-order chi connectivity index (χ0) is 14.8. The van der Waals surface area contributed by atoms with E-state index in [4.69, 9.17) is 9.47 Å². The number of ether oxygens (including phenoxy) is 2. The van der Waals surface area contributed by atoms with Gasteiger partial charge in [0, 0.05) is 13.1 Å². The number of rotatable bonds is 2. The maximum Gasteiger partial charge on any atom is 0.265 e. The minimum Gasteiger partial charge on any atom is -0.477 e. The van der Waals surface area contributed by atoms with E-state index in [-0.39, 0.29) is 24.7 Å². The average molecular weight is 292 g/mol. The van der Waals surface area contributed by atoms with Gasteiger partial charge in [-0.3, -0.25) is 4.79 Å². The Morgan fingerprint density at radius 2 is 2.24 bits per heavy atom. The summed E-state index contributed by atoms with van der Waals surface area (Å²) in [6, 6.07) is 7.58. The summed E-state index contributed by atoms with van der Waals surface area (Å²) in [5.41, 5.74) is 0.908. The molecular weight excluding hydrogens is 272 g/mol. The second-order valence-corrected chi connectivity index (χ2v) is 5.48. The highest BCUT2D eigenvalue weighted by Gasteiger charge is 2.34. The van der Waals surface area contributed by atoms with Crippen LogP contribution in [0.1, 0.15) is 6.92 Å². The van der Waals surface area contributed by atoms with Crippen LogP contribution in [0, 0.1) is 0 Å². The summed E-state index contributed by atoms with van der Waals surface area (Å²) in [7, 11) is 0. The second-order valence-electron chi connectivity index (χ2n) is 5.48. The molecule has 1 fully saturated rings. The molecular formula is C15H20N2O4. The van der Waals surface area contributed by atoms with Crippen LogP contribution in [0.2, 0.25) is 0 Å². The zero-order valence-electron chi connectivity index (χ0n) is 12.0. The Kier molecular flexibility index (Phi) is 3.98. The van der Waals surface area contributed by atoms with E-state index in [1.165, 1.54) is 0 Å². The molecule has 1 amide bonds. The summed E-state index contributed by atoms with van der Waals surface area (Å²) >= 11 is 0. The molecule has 21 heavy (non-hydrogen) atoms. The lowest BCUT2D eigenvalue weighted by Crippen LogP contribution is -2.55. The highest BCUT2D eigenvalue weighted by Crippen LogP contribution is 2.29. The molecule has 2 N–H and O–H groups in total. The Balaban J connectivity index is 1.68. The van der Waals surface area contributed by atoms with Crippen LogP contribution in [0.5, 0.6) is 5.75 Å². The molecule has 2 aliphatic rings. The zero-order valence-corrected chi connectivity index (χ0v) is 12.0. The highest BCUT2D eigenvalue weighted by molar-refractivity contribution is 5.83. The van der Waals surface area contributed by atoms with Crippen LogP contribution in [0.25, 0.3) is 0 Å². The van der Waals surface area contributed by atoms with Crippen molar-refractivity contribution in [2.45, 2.75) is 25.2 Å². The molecule has 3 atom stereocenters. The first kappa shape index (κ1) is 14.2. The van der Waals surface area contributed by atoms with E-state index in [1.54, 1.807) is 4.90 Å². The van der Waals surface area contributed by atoms with Crippen molar-refractivity contribution in [1.29, 1.82) is 0 Å². The van der Waals surface area contributed by atoms with E-state index in [1.807, 2.05) is 31.2 Å². The SMILES string of the molecule is CC1CN(C(=O)C2CNc3ccccc3O2)CC(CO)O1. The van der Waals surface area contributed by atoms with Gasteiger partial charge in [-0.25, -0.2) is 0 Å². The van der Waals surface area contributed by atoms with Crippen LogP contribution in [-0.4, -0.2) is 60.5 Å². The summed E-state index contributed by atoms with van der Waals surface area (Å²) in [6.45, 7) is 3.20. The first-order chi connectivity index (χ1) is 10.2. The molecule has 2 heterocycles. The number of aliphatic hydroxyl groups excluding tert-OH is 1. The lowest BCUT2D eigenvalue weighted by molar-refractivity contribution is -0.153. The van der Waals surface area contributed by atoms with Gasteiger partial charge in [0.25, 0.3) is 5.91 Å². The molecule has 1 saturated heterocycles. The number of hydrogen-bond donors (Lipinski definition) is 2. The number of carbonyl (C=O) groups excluding carboxylic acids is 1. The Bertz CT molecular complexity index is 522. The van der Waals surface area contributed by atoms with Gasteiger partial charge in [-0.15, -0.1) is 0 Å². The van der Waals surface area contributed by atoms with E-state index < -0.39 is 6.10 Å². The molecule has 1 aromatic carbocycles. The summed E-state index contributed by atoms with van der Waals surface area (Å²) < 4.78 is 11.4. The number of aliphatic hydroxyl groups is 1. The van der Waals surface area contributed by atoms with Gasteiger partial charge in [-0.2, -0.15) is 0 Å². The van der Waals surface area contributed by atoms with Crippen molar-refractivity contribution < 1.29 is 19.4 Å². The van der Waals surface area contributed by atoms with Crippen LogP contribution < -0.4 is 10.1 Å². The van der Waals surface area contributed by atoms with Crippen LogP contribution >= 0.6 is 0 Å². The van der Waals surface area contributed by atoms with Gasteiger partial charge in [0.1, 0.15) is 5.75 Å². The first-order valence-corrected chi connectivity index (χ1v) is 7.22. The molecule has 0 bridgehead atoms. The molecule has 2 aliphatic heterocycles. The number of nitrogens with zero attached hydrogens (tertiary/aromatic N) is 1. The molecule has 0 aliphatic carbocycles. The Hall–Kier alpha value is -1.79. The Morgan fingerprint density at radius 3 is 3.05 bits per heavy atom. The third kappa shape index (κ3) is 2.96. The van der Waals surface area contributed by atoms with E-state index >= 15 is 0 Å². The smallest absolute Gasteiger partial charge is 0.265 e. The van der Waals surface area contributed by atoms with Crippen molar-refractivity contribution in [2.75, 3.05) is 31.6 Å². The number of amides is 1. The standard InChI is InChI=1S/C15H20N2O4/c1-10-7-17(8-11(9-18)20-10)15(19)14-6-16-12-4-2-3-5-13(12)21-14/h2-5,10-11,14,16,18H,6-9H2,1H3. The molecule has 0 spiro atoms. The predicted octanol–water partition coefficient (Wildman–Crippen LogP) is 0.468. The number of nitrogens with one attached hydrogen (secondary N) is 1. The minimum atomic E-state index is -0.537. The largest absolute Gasteiger partial charge is 0.477 e. The monoisotopic (exact) mass is 292 g/mol. The number of morpholine rings is 1. The summed E-state index contributed by atoms with van der Waals surface area (Å²) in [5, 5.41) is 12.5. The maximum absolute atomic E-state index is 12.6. The molecule has 3 rings (SSSR count). The molecule has 1 aromatic rings. The van der Waals surface area contributed by atoms with E-state index in [9.17, 15) is 9.90 Å². The van der Waals surface area contributed by atoms with Crippen molar-refractivity contribution in [2.24, 2.45) is 0 Å². The average Bonchev–Trinajstić information content (AvgIpc) is 2.53. The van der Waals surface area contributed by atoms with Crippen molar-refractivity contribution in [3.8, 4) is 5.75 Å². The molecule has 0 radical (unpaired) electrons. The maximum atomic E-state index is 12.6.